The van der Waals surface area contributed by atoms with Gasteiger partial charge in [0.25, 0.3) is 0 Å². The molecule has 164 valence electrons. The number of likely N-dealkylation sites (tertiary alicyclic amines) is 1. The second-order valence-corrected chi connectivity index (χ2v) is 7.70. The molecule has 0 aromatic carbocycles. The molecule has 1 amide bonds. The van der Waals surface area contributed by atoms with E-state index in [1.165, 1.54) is 7.11 Å². The van der Waals surface area contributed by atoms with Crippen molar-refractivity contribution in [3.63, 3.8) is 0 Å². The molecule has 0 radical (unpaired) electrons. The van der Waals surface area contributed by atoms with Gasteiger partial charge in [0, 0.05) is 32.6 Å². The van der Waals surface area contributed by atoms with Crippen molar-refractivity contribution in [1.82, 2.24) is 15.5 Å². The van der Waals surface area contributed by atoms with Crippen molar-refractivity contribution in [2.24, 2.45) is 4.99 Å². The van der Waals surface area contributed by atoms with Gasteiger partial charge in [-0.05, 0) is 47.0 Å². The summed E-state index contributed by atoms with van der Waals surface area (Å²) in [6.07, 6.45) is 3.65. The summed E-state index contributed by atoms with van der Waals surface area (Å²) < 4.78 is 9.96. The van der Waals surface area contributed by atoms with E-state index in [-0.39, 0.29) is 42.1 Å². The topological polar surface area (TPSA) is 92.3 Å². The van der Waals surface area contributed by atoms with Crippen LogP contribution < -0.4 is 10.6 Å². The molecule has 1 unspecified atom stereocenters. The highest BCUT2D eigenvalue weighted by atomic mass is 127. The zero-order valence-electron chi connectivity index (χ0n) is 17.9. The number of ether oxygens (including phenoxy) is 2. The fraction of sp³-hybridized carbons (Fsp3) is 0.842. The number of nitrogens with zero attached hydrogens (tertiary/aromatic N) is 2. The minimum absolute atomic E-state index is 0. The molecule has 2 N–H and O–H groups in total. The minimum Gasteiger partial charge on any atom is -0.469 e. The van der Waals surface area contributed by atoms with Gasteiger partial charge >= 0.3 is 12.1 Å². The van der Waals surface area contributed by atoms with Crippen LogP contribution in [0.1, 0.15) is 59.8 Å². The molecule has 0 saturated carbocycles. The van der Waals surface area contributed by atoms with E-state index in [0.29, 0.717) is 19.5 Å². The Hall–Kier alpha value is -1.26. The van der Waals surface area contributed by atoms with Crippen molar-refractivity contribution in [3.8, 4) is 0 Å². The second kappa shape index (κ2) is 13.8. The average Bonchev–Trinajstić information content (AvgIpc) is 3.02. The monoisotopic (exact) mass is 512 g/mol. The van der Waals surface area contributed by atoms with Gasteiger partial charge in [-0.25, -0.2) is 4.79 Å². The molecular weight excluding hydrogens is 475 g/mol. The van der Waals surface area contributed by atoms with Crippen LogP contribution in [0.2, 0.25) is 0 Å². The molecule has 0 aromatic rings. The van der Waals surface area contributed by atoms with Gasteiger partial charge in [0.05, 0.1) is 13.2 Å². The summed E-state index contributed by atoms with van der Waals surface area (Å²) in [7, 11) is 1.41. The van der Waals surface area contributed by atoms with Crippen LogP contribution in [0, 0.1) is 0 Å². The Morgan fingerprint density at radius 1 is 1.21 bits per heavy atom. The van der Waals surface area contributed by atoms with E-state index in [4.69, 9.17) is 4.74 Å². The van der Waals surface area contributed by atoms with Gasteiger partial charge in [0.1, 0.15) is 5.60 Å². The Kier molecular flexibility index (Phi) is 13.2. The number of carbonyl (C=O) groups excluding carboxylic acids is 2. The quantitative estimate of drug-likeness (QED) is 0.171. The summed E-state index contributed by atoms with van der Waals surface area (Å²) in [5.41, 5.74) is -0.493. The van der Waals surface area contributed by atoms with E-state index in [1.807, 2.05) is 27.7 Å². The number of amides is 1. The number of nitrogens with one attached hydrogen (secondary N) is 2. The molecule has 0 aromatic heterocycles. The number of hydrogen-bond acceptors (Lipinski definition) is 5. The molecule has 1 atom stereocenters. The smallest absolute Gasteiger partial charge is 0.407 e. The first-order valence-corrected chi connectivity index (χ1v) is 9.84. The molecule has 28 heavy (non-hydrogen) atoms. The molecule has 9 heteroatoms. The highest BCUT2D eigenvalue weighted by molar-refractivity contribution is 14.0. The summed E-state index contributed by atoms with van der Waals surface area (Å²) >= 11 is 0. The van der Waals surface area contributed by atoms with Crippen molar-refractivity contribution in [2.75, 3.05) is 33.3 Å². The number of esters is 1. The molecule has 1 rings (SSSR count). The van der Waals surface area contributed by atoms with E-state index in [2.05, 4.69) is 25.3 Å². The summed E-state index contributed by atoms with van der Waals surface area (Å²) in [4.78, 5) is 29.9. The third-order valence-electron chi connectivity index (χ3n) is 4.07. The average molecular weight is 512 g/mol. The maximum Gasteiger partial charge on any atom is 0.407 e. The maximum atomic E-state index is 11.9. The van der Waals surface area contributed by atoms with Gasteiger partial charge in [0.15, 0.2) is 5.96 Å². The first kappa shape index (κ1) is 26.7. The highest BCUT2D eigenvalue weighted by Gasteiger charge is 2.27. The predicted octanol–water partition coefficient (Wildman–Crippen LogP) is 2.90. The van der Waals surface area contributed by atoms with Gasteiger partial charge in [-0.15, -0.1) is 24.0 Å². The summed E-state index contributed by atoms with van der Waals surface area (Å²) in [6.45, 7) is 10.7. The van der Waals surface area contributed by atoms with E-state index in [1.54, 1.807) is 0 Å². The van der Waals surface area contributed by atoms with Gasteiger partial charge < -0.3 is 25.0 Å². The first-order valence-electron chi connectivity index (χ1n) is 9.84. The number of hydrogen-bond donors (Lipinski definition) is 2. The molecule has 1 aliphatic rings. The number of guanidine groups is 1. The first-order chi connectivity index (χ1) is 12.7. The molecule has 0 aliphatic carbocycles. The van der Waals surface area contributed by atoms with Gasteiger partial charge in [0.2, 0.25) is 0 Å². The molecule has 1 saturated heterocycles. The van der Waals surface area contributed by atoms with Crippen molar-refractivity contribution in [2.45, 2.75) is 71.4 Å². The lowest BCUT2D eigenvalue weighted by molar-refractivity contribution is -0.140. The van der Waals surface area contributed by atoms with Gasteiger partial charge in [-0.1, -0.05) is 6.42 Å². The van der Waals surface area contributed by atoms with Crippen LogP contribution in [0.15, 0.2) is 4.99 Å². The zero-order chi connectivity index (χ0) is 20.3. The van der Waals surface area contributed by atoms with Crippen LogP contribution in [0.3, 0.4) is 0 Å². The molecule has 0 spiro atoms. The summed E-state index contributed by atoms with van der Waals surface area (Å²) in [5.74, 6) is 0.714. The largest absolute Gasteiger partial charge is 0.469 e. The third kappa shape index (κ3) is 11.6. The van der Waals surface area contributed by atoms with Crippen LogP contribution >= 0.6 is 24.0 Å². The fourth-order valence-corrected chi connectivity index (χ4v) is 2.82. The maximum absolute atomic E-state index is 11.9. The van der Waals surface area contributed by atoms with Crippen LogP contribution in [-0.4, -0.2) is 67.9 Å². The second-order valence-electron chi connectivity index (χ2n) is 7.70. The fourth-order valence-electron chi connectivity index (χ4n) is 2.82. The van der Waals surface area contributed by atoms with Gasteiger partial charge in [-0.2, -0.15) is 0 Å². The van der Waals surface area contributed by atoms with Crippen LogP contribution in [0.5, 0.6) is 0 Å². The van der Waals surface area contributed by atoms with Crippen LogP contribution in [0.4, 0.5) is 4.79 Å². The number of halogens is 1. The summed E-state index contributed by atoms with van der Waals surface area (Å²) in [6, 6.07) is 0.0590. The number of methoxy groups -OCH3 is 1. The molecular formula is C19H37IN4O4. The highest BCUT2D eigenvalue weighted by Crippen LogP contribution is 2.12. The number of alkyl carbamates (subject to hydrolysis) is 1. The van der Waals surface area contributed by atoms with Crippen LogP contribution in [-0.2, 0) is 14.3 Å². The lowest BCUT2D eigenvalue weighted by Crippen LogP contribution is -2.44. The molecule has 8 nitrogen and oxygen atoms in total. The number of unbranched alkanes of at least 4 members (excludes halogenated alkanes) is 2. The Morgan fingerprint density at radius 3 is 2.54 bits per heavy atom. The molecule has 1 aliphatic heterocycles. The Labute approximate surface area is 186 Å². The number of rotatable bonds is 8. The Morgan fingerprint density at radius 2 is 1.93 bits per heavy atom. The van der Waals surface area contributed by atoms with Crippen molar-refractivity contribution in [1.29, 1.82) is 0 Å². The standard InChI is InChI=1S/C19H36N4O4.HI/c1-6-20-17(21-12-9-7-8-10-16(24)26-5)23-13-11-15(14-23)22-18(25)27-19(2,3)4;/h15H,6-14H2,1-5H3,(H,20,21)(H,22,25);1H. The number of carbonyl (C=O) groups is 2. The zero-order valence-corrected chi connectivity index (χ0v) is 20.2. The SMILES string of the molecule is CCNC(=NCCCCCC(=O)OC)N1CCC(NC(=O)OC(C)(C)C)C1.I. The Balaban J connectivity index is 0.00000729. The van der Waals surface area contributed by atoms with Crippen LogP contribution in [0.25, 0.3) is 0 Å². The normalized spacial score (nSPS) is 17.0. The lowest BCUT2D eigenvalue weighted by Gasteiger charge is -2.23. The minimum atomic E-state index is -0.493. The Bertz CT molecular complexity index is 509. The summed E-state index contributed by atoms with van der Waals surface area (Å²) in [5, 5.41) is 6.25. The third-order valence-corrected chi connectivity index (χ3v) is 4.07. The molecule has 1 fully saturated rings. The van der Waals surface area contributed by atoms with E-state index < -0.39 is 5.60 Å². The van der Waals surface area contributed by atoms with Crippen molar-refractivity contribution >= 4 is 42.0 Å². The van der Waals surface area contributed by atoms with E-state index in [9.17, 15) is 9.59 Å². The van der Waals surface area contributed by atoms with E-state index in [0.717, 1.165) is 44.7 Å². The van der Waals surface area contributed by atoms with Crippen molar-refractivity contribution < 1.29 is 19.1 Å². The van der Waals surface area contributed by atoms with Crippen molar-refractivity contribution in [3.05, 3.63) is 0 Å². The van der Waals surface area contributed by atoms with E-state index >= 15 is 0 Å². The molecule has 0 bridgehead atoms. The number of aliphatic imine (C=N–C) groups is 1. The molecule has 1 heterocycles. The predicted molar refractivity (Wildman–Crippen MR) is 121 cm³/mol. The van der Waals surface area contributed by atoms with Gasteiger partial charge in [-0.3, -0.25) is 9.79 Å². The lowest BCUT2D eigenvalue weighted by atomic mass is 10.2.